The quantitative estimate of drug-likeness (QED) is 0.574. The van der Waals surface area contributed by atoms with Gasteiger partial charge in [-0.1, -0.05) is 48.5 Å². The molecule has 2 amide bonds. The summed E-state index contributed by atoms with van der Waals surface area (Å²) in [6.45, 7) is 1.04. The summed E-state index contributed by atoms with van der Waals surface area (Å²) in [7, 11) is 1.61. The van der Waals surface area contributed by atoms with Crippen molar-refractivity contribution in [1.82, 2.24) is 10.6 Å². The van der Waals surface area contributed by atoms with Gasteiger partial charge in [0.15, 0.2) is 0 Å². The third-order valence-electron chi connectivity index (χ3n) is 3.45. The second-order valence-electron chi connectivity index (χ2n) is 5.39. The normalized spacial score (nSPS) is 11.0. The molecule has 0 atom stereocenters. The second-order valence-corrected chi connectivity index (χ2v) is 5.39. The fourth-order valence-corrected chi connectivity index (χ4v) is 2.17. The predicted octanol–water partition coefficient (Wildman–Crippen LogP) is 2.61. The van der Waals surface area contributed by atoms with Gasteiger partial charge in [0.1, 0.15) is 5.70 Å². The molecule has 0 saturated heterocycles. The average molecular weight is 338 g/mol. The summed E-state index contributed by atoms with van der Waals surface area (Å²) in [5.74, 6) is -0.654. The number of carbonyl (C=O) groups excluding carboxylic acids is 2. The van der Waals surface area contributed by atoms with E-state index in [-0.39, 0.29) is 17.5 Å². The van der Waals surface area contributed by atoms with E-state index in [1.165, 1.54) is 0 Å². The van der Waals surface area contributed by atoms with Crippen LogP contribution in [0.2, 0.25) is 0 Å². The molecule has 0 fully saturated rings. The number of hydrogen-bond donors (Lipinski definition) is 2. The van der Waals surface area contributed by atoms with Crippen LogP contribution in [0, 0.1) is 0 Å². The predicted molar refractivity (Wildman–Crippen MR) is 97.8 cm³/mol. The smallest absolute Gasteiger partial charge is 0.267 e. The number of methoxy groups -OCH3 is 1. The molecule has 5 heteroatoms. The average Bonchev–Trinajstić information content (AvgIpc) is 2.66. The standard InChI is InChI=1S/C20H22N2O3/c1-25-14-8-13-21-20(24)18(15-16-9-4-2-5-10-16)22-19(23)17-11-6-3-7-12-17/h2-7,9-12,15H,8,13-14H2,1H3,(H,21,24)(H,22,23)/b18-15-. The Hall–Kier alpha value is -2.92. The number of ether oxygens (including phenoxy) is 1. The molecule has 2 aromatic carbocycles. The van der Waals surface area contributed by atoms with Gasteiger partial charge in [0.05, 0.1) is 0 Å². The fraction of sp³-hybridized carbons (Fsp3) is 0.200. The summed E-state index contributed by atoms with van der Waals surface area (Å²) in [6.07, 6.45) is 2.36. The minimum atomic E-state index is -0.329. The molecule has 0 spiro atoms. The van der Waals surface area contributed by atoms with Crippen LogP contribution in [-0.4, -0.2) is 32.1 Å². The third-order valence-corrected chi connectivity index (χ3v) is 3.45. The van der Waals surface area contributed by atoms with Gasteiger partial charge >= 0.3 is 0 Å². The molecule has 0 bridgehead atoms. The van der Waals surface area contributed by atoms with Gasteiger partial charge in [-0.15, -0.1) is 0 Å². The Kier molecular flexibility index (Phi) is 7.41. The number of carbonyl (C=O) groups is 2. The summed E-state index contributed by atoms with van der Waals surface area (Å²) >= 11 is 0. The van der Waals surface area contributed by atoms with Crippen LogP contribution >= 0.6 is 0 Å². The van der Waals surface area contributed by atoms with Crippen molar-refractivity contribution in [2.45, 2.75) is 6.42 Å². The van der Waals surface area contributed by atoms with Crippen molar-refractivity contribution in [2.75, 3.05) is 20.3 Å². The highest BCUT2D eigenvalue weighted by molar-refractivity contribution is 6.05. The molecule has 0 aliphatic rings. The van der Waals surface area contributed by atoms with Crippen molar-refractivity contribution in [3.05, 3.63) is 77.5 Å². The van der Waals surface area contributed by atoms with E-state index >= 15 is 0 Å². The zero-order valence-corrected chi connectivity index (χ0v) is 14.2. The molecule has 0 heterocycles. The number of hydrogen-bond acceptors (Lipinski definition) is 3. The number of benzene rings is 2. The van der Waals surface area contributed by atoms with Gasteiger partial charge in [-0.25, -0.2) is 0 Å². The molecule has 0 aliphatic heterocycles. The van der Waals surface area contributed by atoms with Crippen molar-refractivity contribution in [3.63, 3.8) is 0 Å². The molecular formula is C20H22N2O3. The van der Waals surface area contributed by atoms with Crippen LogP contribution in [0.15, 0.2) is 66.4 Å². The summed E-state index contributed by atoms with van der Waals surface area (Å²) < 4.78 is 4.97. The lowest BCUT2D eigenvalue weighted by atomic mass is 10.1. The Morgan fingerprint density at radius 1 is 1.00 bits per heavy atom. The van der Waals surface area contributed by atoms with Crippen LogP contribution in [0.25, 0.3) is 6.08 Å². The SMILES string of the molecule is COCCCNC(=O)/C(=C/c1ccccc1)NC(=O)c1ccccc1. The van der Waals surface area contributed by atoms with Gasteiger partial charge in [0.2, 0.25) is 0 Å². The fourth-order valence-electron chi connectivity index (χ4n) is 2.17. The molecule has 0 aromatic heterocycles. The Bertz CT molecular complexity index is 712. The van der Waals surface area contributed by atoms with Crippen LogP contribution in [0.3, 0.4) is 0 Å². The van der Waals surface area contributed by atoms with Crippen LogP contribution in [0.5, 0.6) is 0 Å². The maximum Gasteiger partial charge on any atom is 0.267 e. The lowest BCUT2D eigenvalue weighted by Crippen LogP contribution is -2.35. The van der Waals surface area contributed by atoms with Crippen molar-refractivity contribution in [3.8, 4) is 0 Å². The van der Waals surface area contributed by atoms with Crippen LogP contribution in [0.1, 0.15) is 22.3 Å². The highest BCUT2D eigenvalue weighted by Gasteiger charge is 2.14. The number of rotatable bonds is 8. The monoisotopic (exact) mass is 338 g/mol. The Balaban J connectivity index is 2.13. The lowest BCUT2D eigenvalue weighted by molar-refractivity contribution is -0.117. The van der Waals surface area contributed by atoms with E-state index < -0.39 is 0 Å². The Labute approximate surface area is 147 Å². The summed E-state index contributed by atoms with van der Waals surface area (Å²) in [4.78, 5) is 24.8. The van der Waals surface area contributed by atoms with Crippen LogP contribution in [-0.2, 0) is 9.53 Å². The van der Waals surface area contributed by atoms with Gasteiger partial charge in [-0.3, -0.25) is 9.59 Å². The molecule has 0 saturated carbocycles. The molecule has 0 unspecified atom stereocenters. The largest absolute Gasteiger partial charge is 0.385 e. The van der Waals surface area contributed by atoms with E-state index in [2.05, 4.69) is 10.6 Å². The first kappa shape index (κ1) is 18.4. The molecule has 0 radical (unpaired) electrons. The molecule has 2 N–H and O–H groups in total. The van der Waals surface area contributed by atoms with Gasteiger partial charge in [0, 0.05) is 25.8 Å². The van der Waals surface area contributed by atoms with Crippen molar-refractivity contribution in [1.29, 1.82) is 0 Å². The molecule has 5 nitrogen and oxygen atoms in total. The highest BCUT2D eigenvalue weighted by atomic mass is 16.5. The minimum absolute atomic E-state index is 0.206. The van der Waals surface area contributed by atoms with E-state index in [1.807, 2.05) is 36.4 Å². The van der Waals surface area contributed by atoms with E-state index in [1.54, 1.807) is 37.5 Å². The topological polar surface area (TPSA) is 67.4 Å². The Morgan fingerprint density at radius 2 is 1.64 bits per heavy atom. The molecule has 2 aromatic rings. The van der Waals surface area contributed by atoms with Gasteiger partial charge in [0.25, 0.3) is 11.8 Å². The van der Waals surface area contributed by atoms with Gasteiger partial charge in [-0.2, -0.15) is 0 Å². The maximum atomic E-state index is 12.4. The van der Waals surface area contributed by atoms with E-state index in [9.17, 15) is 9.59 Å². The Morgan fingerprint density at radius 3 is 2.28 bits per heavy atom. The zero-order chi connectivity index (χ0) is 17.9. The molecule has 2 rings (SSSR count). The van der Waals surface area contributed by atoms with E-state index in [0.29, 0.717) is 25.1 Å². The van der Waals surface area contributed by atoms with E-state index in [4.69, 9.17) is 4.74 Å². The first-order chi connectivity index (χ1) is 12.2. The van der Waals surface area contributed by atoms with Crippen LogP contribution < -0.4 is 10.6 Å². The highest BCUT2D eigenvalue weighted by Crippen LogP contribution is 2.07. The van der Waals surface area contributed by atoms with Crippen molar-refractivity contribution < 1.29 is 14.3 Å². The lowest BCUT2D eigenvalue weighted by Gasteiger charge is -2.11. The van der Waals surface area contributed by atoms with Crippen molar-refractivity contribution in [2.24, 2.45) is 0 Å². The van der Waals surface area contributed by atoms with Gasteiger partial charge < -0.3 is 15.4 Å². The molecule has 0 aliphatic carbocycles. The summed E-state index contributed by atoms with van der Waals surface area (Å²) in [5.41, 5.74) is 1.53. The first-order valence-corrected chi connectivity index (χ1v) is 8.11. The number of amides is 2. The van der Waals surface area contributed by atoms with Gasteiger partial charge in [-0.05, 0) is 30.2 Å². The summed E-state index contributed by atoms with van der Waals surface area (Å²) in [6, 6.07) is 18.2. The second kappa shape index (κ2) is 10.1. The molecular weight excluding hydrogens is 316 g/mol. The summed E-state index contributed by atoms with van der Waals surface area (Å²) in [5, 5.41) is 5.49. The van der Waals surface area contributed by atoms with Crippen molar-refractivity contribution >= 4 is 17.9 Å². The zero-order valence-electron chi connectivity index (χ0n) is 14.2. The number of nitrogens with one attached hydrogen (secondary N) is 2. The maximum absolute atomic E-state index is 12.4. The third kappa shape index (κ3) is 6.24. The van der Waals surface area contributed by atoms with Crippen LogP contribution in [0.4, 0.5) is 0 Å². The molecule has 130 valence electrons. The minimum Gasteiger partial charge on any atom is -0.385 e. The first-order valence-electron chi connectivity index (χ1n) is 8.11. The molecule has 25 heavy (non-hydrogen) atoms. The van der Waals surface area contributed by atoms with E-state index in [0.717, 1.165) is 5.56 Å².